The lowest BCUT2D eigenvalue weighted by molar-refractivity contribution is 0.0645. The molecule has 0 fully saturated rings. The summed E-state index contributed by atoms with van der Waals surface area (Å²) in [5, 5.41) is 0. The Hall–Kier alpha value is -2.24. The highest BCUT2D eigenvalue weighted by Gasteiger charge is 2.37. The van der Waals surface area contributed by atoms with E-state index in [1.54, 1.807) is 29.3 Å². The topological polar surface area (TPSA) is 46.6 Å². The van der Waals surface area contributed by atoms with Gasteiger partial charge in [0, 0.05) is 4.99 Å². The summed E-state index contributed by atoms with van der Waals surface area (Å²) in [7, 11) is 0. The molecule has 2 amide bonds. The molecule has 0 bridgehead atoms. The molecular formula is C18H14BrNO3. The quantitative estimate of drug-likeness (QED) is 0.752. The Balaban J connectivity index is 1.70. The van der Waals surface area contributed by atoms with E-state index in [-0.39, 0.29) is 18.4 Å². The van der Waals surface area contributed by atoms with E-state index in [9.17, 15) is 9.59 Å². The smallest absolute Gasteiger partial charge is 0.265 e. The molecule has 1 aliphatic rings. The van der Waals surface area contributed by atoms with Crippen molar-refractivity contribution in [2.75, 3.05) is 6.61 Å². The summed E-state index contributed by atoms with van der Waals surface area (Å²) in [5.41, 5.74) is 2.36. The van der Waals surface area contributed by atoms with E-state index in [4.69, 9.17) is 4.74 Å². The molecule has 0 atom stereocenters. The van der Waals surface area contributed by atoms with Crippen LogP contribution in [0.4, 0.5) is 0 Å². The highest BCUT2D eigenvalue weighted by Crippen LogP contribution is 2.26. The molecule has 0 radical (unpaired) electrons. The Labute approximate surface area is 142 Å². The molecule has 116 valence electrons. The molecular weight excluding hydrogens is 358 g/mol. The average molecular weight is 372 g/mol. The first-order valence-corrected chi connectivity index (χ1v) is 8.02. The van der Waals surface area contributed by atoms with Crippen molar-refractivity contribution in [2.45, 2.75) is 6.61 Å². The van der Waals surface area contributed by atoms with Crippen molar-refractivity contribution in [3.05, 3.63) is 82.0 Å². The van der Waals surface area contributed by atoms with Crippen LogP contribution in [0, 0.1) is 0 Å². The molecule has 1 heterocycles. The lowest BCUT2D eigenvalue weighted by atomic mass is 10.1. The van der Waals surface area contributed by atoms with Crippen LogP contribution < -0.4 is 0 Å². The minimum Gasteiger partial charge on any atom is -0.371 e. The summed E-state index contributed by atoms with van der Waals surface area (Å²) in [4.78, 5) is 27.6. The fourth-order valence-electron chi connectivity index (χ4n) is 2.44. The van der Waals surface area contributed by atoms with Gasteiger partial charge in [0.25, 0.3) is 11.8 Å². The molecule has 2 aromatic rings. The van der Waals surface area contributed by atoms with Crippen LogP contribution in [0.3, 0.4) is 0 Å². The lowest BCUT2D eigenvalue weighted by Gasteiger charge is -2.17. The van der Waals surface area contributed by atoms with Crippen molar-refractivity contribution in [1.82, 2.24) is 4.90 Å². The zero-order valence-corrected chi connectivity index (χ0v) is 13.8. The van der Waals surface area contributed by atoms with E-state index >= 15 is 0 Å². The van der Waals surface area contributed by atoms with Crippen LogP contribution in [-0.4, -0.2) is 23.3 Å². The highest BCUT2D eigenvalue weighted by atomic mass is 79.9. The van der Waals surface area contributed by atoms with Gasteiger partial charge in [-0.25, -0.2) is 4.90 Å². The van der Waals surface area contributed by atoms with E-state index in [2.05, 4.69) is 15.9 Å². The van der Waals surface area contributed by atoms with E-state index < -0.39 is 0 Å². The Bertz CT molecular complexity index is 736. The van der Waals surface area contributed by atoms with Crippen molar-refractivity contribution >= 4 is 27.7 Å². The number of carbonyl (C=O) groups is 2. The summed E-state index contributed by atoms with van der Waals surface area (Å²) in [6, 6.07) is 16.5. The number of halogens is 1. The molecule has 0 aromatic heterocycles. The Morgan fingerprint density at radius 3 is 2.09 bits per heavy atom. The number of benzene rings is 2. The zero-order valence-electron chi connectivity index (χ0n) is 12.2. The number of carbonyl (C=O) groups excluding carboxylic acids is 2. The predicted molar refractivity (Wildman–Crippen MR) is 90.1 cm³/mol. The third kappa shape index (κ3) is 3.11. The molecule has 0 unspecified atom stereocenters. The van der Waals surface area contributed by atoms with Crippen molar-refractivity contribution in [3.63, 3.8) is 0 Å². The van der Waals surface area contributed by atoms with Crippen molar-refractivity contribution < 1.29 is 14.3 Å². The van der Waals surface area contributed by atoms with Gasteiger partial charge >= 0.3 is 0 Å². The van der Waals surface area contributed by atoms with Gasteiger partial charge < -0.3 is 4.74 Å². The molecule has 1 aliphatic heterocycles. The van der Waals surface area contributed by atoms with Crippen molar-refractivity contribution in [1.29, 1.82) is 0 Å². The maximum absolute atomic E-state index is 12.4. The minimum absolute atomic E-state index is 0.158. The molecule has 0 saturated carbocycles. The molecule has 0 N–H and O–H groups in total. The van der Waals surface area contributed by atoms with Gasteiger partial charge in [-0.2, -0.15) is 0 Å². The van der Waals surface area contributed by atoms with Gasteiger partial charge in [-0.05, 0) is 17.7 Å². The van der Waals surface area contributed by atoms with Gasteiger partial charge in [-0.15, -0.1) is 0 Å². The normalized spacial score (nSPS) is 14.3. The number of amides is 2. The predicted octanol–water partition coefficient (Wildman–Crippen LogP) is 3.74. The van der Waals surface area contributed by atoms with Gasteiger partial charge in [-0.3, -0.25) is 9.59 Å². The van der Waals surface area contributed by atoms with E-state index in [0.29, 0.717) is 23.4 Å². The SMILES string of the molecule is O=C1c2ccccc2C(=O)N1/C(=C\Br)COCc1ccccc1. The number of imide groups is 1. The Kier molecular flexibility index (Phi) is 4.69. The largest absolute Gasteiger partial charge is 0.371 e. The zero-order chi connectivity index (χ0) is 16.2. The molecule has 2 aromatic carbocycles. The summed E-state index contributed by atoms with van der Waals surface area (Å²) in [6.45, 7) is 0.569. The summed E-state index contributed by atoms with van der Waals surface area (Å²) in [5.74, 6) is -0.640. The van der Waals surface area contributed by atoms with Crippen LogP contribution in [0.25, 0.3) is 0 Å². The van der Waals surface area contributed by atoms with Crippen LogP contribution in [0.1, 0.15) is 26.3 Å². The van der Waals surface area contributed by atoms with Gasteiger partial charge in [-0.1, -0.05) is 58.4 Å². The van der Waals surface area contributed by atoms with Crippen LogP contribution >= 0.6 is 15.9 Å². The van der Waals surface area contributed by atoms with E-state index in [1.807, 2.05) is 30.3 Å². The summed E-state index contributed by atoms with van der Waals surface area (Å²) >= 11 is 3.22. The standard InChI is InChI=1S/C18H14BrNO3/c19-10-14(12-23-11-13-6-2-1-3-7-13)20-17(21)15-8-4-5-9-16(15)18(20)22/h1-10H,11-12H2/b14-10-. The van der Waals surface area contributed by atoms with Gasteiger partial charge in [0.1, 0.15) is 0 Å². The first-order valence-electron chi connectivity index (χ1n) is 7.11. The number of rotatable bonds is 5. The molecule has 4 nitrogen and oxygen atoms in total. The van der Waals surface area contributed by atoms with Crippen LogP contribution in [0.5, 0.6) is 0 Å². The lowest BCUT2D eigenvalue weighted by Crippen LogP contribution is -2.31. The molecule has 0 spiro atoms. The second kappa shape index (κ2) is 6.89. The summed E-state index contributed by atoms with van der Waals surface area (Å²) < 4.78 is 5.64. The summed E-state index contributed by atoms with van der Waals surface area (Å²) in [6.07, 6.45) is 0. The second-order valence-corrected chi connectivity index (χ2v) is 5.53. The number of hydrogen-bond acceptors (Lipinski definition) is 3. The van der Waals surface area contributed by atoms with Gasteiger partial charge in [0.05, 0.1) is 30.0 Å². The average Bonchev–Trinajstić information content (AvgIpc) is 2.85. The first kappa shape index (κ1) is 15.6. The molecule has 3 rings (SSSR count). The minimum atomic E-state index is -0.320. The second-order valence-electron chi connectivity index (χ2n) is 5.07. The molecule has 5 heteroatoms. The Morgan fingerprint density at radius 2 is 1.52 bits per heavy atom. The molecule has 0 saturated heterocycles. The fourth-order valence-corrected chi connectivity index (χ4v) is 2.78. The highest BCUT2D eigenvalue weighted by molar-refractivity contribution is 9.11. The number of fused-ring (bicyclic) bond motifs is 1. The van der Waals surface area contributed by atoms with Crippen molar-refractivity contribution in [2.24, 2.45) is 0 Å². The number of hydrogen-bond donors (Lipinski definition) is 0. The van der Waals surface area contributed by atoms with E-state index in [1.165, 1.54) is 0 Å². The van der Waals surface area contributed by atoms with Crippen LogP contribution in [-0.2, 0) is 11.3 Å². The molecule has 0 aliphatic carbocycles. The maximum atomic E-state index is 12.4. The third-order valence-electron chi connectivity index (χ3n) is 3.57. The monoisotopic (exact) mass is 371 g/mol. The van der Waals surface area contributed by atoms with E-state index in [0.717, 1.165) is 10.5 Å². The maximum Gasteiger partial charge on any atom is 0.265 e. The third-order valence-corrected chi connectivity index (χ3v) is 4.10. The number of ether oxygens (including phenoxy) is 1. The Morgan fingerprint density at radius 1 is 0.957 bits per heavy atom. The first-order chi connectivity index (χ1) is 11.2. The van der Waals surface area contributed by atoms with Crippen LogP contribution in [0.15, 0.2) is 65.3 Å². The number of nitrogens with zero attached hydrogens (tertiary/aromatic N) is 1. The molecule has 23 heavy (non-hydrogen) atoms. The van der Waals surface area contributed by atoms with Gasteiger partial charge in [0.15, 0.2) is 0 Å². The van der Waals surface area contributed by atoms with Gasteiger partial charge in [0.2, 0.25) is 0 Å². The van der Waals surface area contributed by atoms with Crippen molar-refractivity contribution in [3.8, 4) is 0 Å². The fraction of sp³-hybridized carbons (Fsp3) is 0.111. The van der Waals surface area contributed by atoms with Crippen LogP contribution in [0.2, 0.25) is 0 Å².